The number of amides is 1. The van der Waals surface area contributed by atoms with Crippen LogP contribution in [-0.4, -0.2) is 28.7 Å². The normalized spacial score (nSPS) is 17.4. The van der Waals surface area contributed by atoms with Crippen LogP contribution < -0.4 is 10.8 Å². The number of nitrogens with one attached hydrogen (secondary N) is 1. The summed E-state index contributed by atoms with van der Waals surface area (Å²) in [5, 5.41) is 2.86. The van der Waals surface area contributed by atoms with Crippen molar-refractivity contribution in [3.05, 3.63) is 18.0 Å². The minimum atomic E-state index is -0.582. The van der Waals surface area contributed by atoms with E-state index in [-0.39, 0.29) is 10.7 Å². The molecule has 0 aliphatic carbocycles. The molecule has 113 valence electrons. The van der Waals surface area contributed by atoms with E-state index in [1.165, 1.54) is 0 Å². The Labute approximate surface area is 132 Å². The monoisotopic (exact) mass is 305 g/mol. The molecule has 4 nitrogen and oxygen atoms in total. The van der Waals surface area contributed by atoms with E-state index >= 15 is 0 Å². The van der Waals surface area contributed by atoms with Crippen LogP contribution in [0, 0.1) is 0 Å². The largest absolute Gasteiger partial charge is 0.428 e. The van der Waals surface area contributed by atoms with Gasteiger partial charge in [-0.2, -0.15) is 12.6 Å². The van der Waals surface area contributed by atoms with Gasteiger partial charge in [0.15, 0.2) is 0 Å². The average Bonchev–Trinajstić information content (AvgIpc) is 2.56. The van der Waals surface area contributed by atoms with E-state index in [1.807, 2.05) is 47.6 Å². The summed E-state index contributed by atoms with van der Waals surface area (Å²) in [6.07, 6.45) is 1.72. The lowest BCUT2D eigenvalue weighted by atomic mass is 9.83. The first-order valence-corrected chi connectivity index (χ1v) is 7.45. The zero-order chi connectivity index (χ0) is 16.1. The van der Waals surface area contributed by atoms with Crippen LogP contribution >= 0.6 is 12.6 Å². The molecule has 1 amide bonds. The standard InChI is InChI=1S/C15H22BN2O2S/c1-13(2)11-10(18-12(13)19)7-9(8-17-11)16-20-14(3,4)15(5,6)21/h7-8,21H,1-6H3,(H,18,19). The summed E-state index contributed by atoms with van der Waals surface area (Å²) in [6.45, 7) is 11.7. The fraction of sp³-hybridized carbons (Fsp3) is 0.600. The molecule has 0 saturated carbocycles. The molecule has 1 aliphatic heterocycles. The Morgan fingerprint density at radius 1 is 1.33 bits per heavy atom. The average molecular weight is 305 g/mol. The number of nitrogens with zero attached hydrogens (tertiary/aromatic N) is 1. The number of hydrogen-bond donors (Lipinski definition) is 2. The molecule has 0 aromatic carbocycles. The Balaban J connectivity index is 2.16. The van der Waals surface area contributed by atoms with Gasteiger partial charge in [-0.15, -0.1) is 0 Å². The molecule has 2 heterocycles. The van der Waals surface area contributed by atoms with Crippen LogP contribution in [0.25, 0.3) is 0 Å². The molecular formula is C15H22BN2O2S. The van der Waals surface area contributed by atoms with Gasteiger partial charge in [-0.05, 0) is 53.1 Å². The van der Waals surface area contributed by atoms with Crippen LogP contribution in [0.15, 0.2) is 12.3 Å². The molecule has 1 N–H and O–H groups in total. The molecule has 0 spiro atoms. The van der Waals surface area contributed by atoms with Crippen molar-refractivity contribution in [2.45, 2.75) is 57.3 Å². The number of aromatic nitrogens is 1. The maximum Gasteiger partial charge on any atom is 0.332 e. The Morgan fingerprint density at radius 2 is 1.95 bits per heavy atom. The van der Waals surface area contributed by atoms with E-state index in [2.05, 4.69) is 22.9 Å². The quantitative estimate of drug-likeness (QED) is 0.661. The van der Waals surface area contributed by atoms with Crippen LogP contribution in [0.4, 0.5) is 5.69 Å². The van der Waals surface area contributed by atoms with E-state index in [0.29, 0.717) is 0 Å². The van der Waals surface area contributed by atoms with Gasteiger partial charge in [0, 0.05) is 10.9 Å². The molecule has 0 fully saturated rings. The molecular weight excluding hydrogens is 283 g/mol. The maximum absolute atomic E-state index is 11.9. The second-order valence-corrected chi connectivity index (χ2v) is 8.17. The molecule has 1 aromatic rings. The zero-order valence-corrected chi connectivity index (χ0v) is 14.3. The van der Waals surface area contributed by atoms with Crippen molar-refractivity contribution in [3.63, 3.8) is 0 Å². The van der Waals surface area contributed by atoms with Gasteiger partial charge in [0.05, 0.1) is 22.4 Å². The summed E-state index contributed by atoms with van der Waals surface area (Å²) in [5.74, 6) is -0.0279. The van der Waals surface area contributed by atoms with Gasteiger partial charge in [0.25, 0.3) is 0 Å². The number of fused-ring (bicyclic) bond motifs is 1. The summed E-state index contributed by atoms with van der Waals surface area (Å²) in [6, 6.07) is 1.89. The summed E-state index contributed by atoms with van der Waals surface area (Å²) in [5.41, 5.74) is 1.33. The number of thiol groups is 1. The SMILES string of the molecule is CC1(C)C(=O)Nc2cc([B]OC(C)(C)C(C)(C)S)cnc21. The highest BCUT2D eigenvalue weighted by Crippen LogP contribution is 2.35. The Hall–Kier alpha value is -1.01. The summed E-state index contributed by atoms with van der Waals surface area (Å²) >= 11 is 4.56. The van der Waals surface area contributed by atoms with E-state index in [9.17, 15) is 4.79 Å². The first kappa shape index (κ1) is 16.4. The van der Waals surface area contributed by atoms with E-state index in [4.69, 9.17) is 4.65 Å². The van der Waals surface area contributed by atoms with Crippen molar-refractivity contribution in [2.75, 3.05) is 5.32 Å². The molecule has 1 aromatic heterocycles. The van der Waals surface area contributed by atoms with Crippen molar-refractivity contribution in [2.24, 2.45) is 0 Å². The molecule has 0 saturated heterocycles. The molecule has 2 rings (SSSR count). The smallest absolute Gasteiger partial charge is 0.332 e. The third-order valence-corrected chi connectivity index (χ3v) is 4.82. The molecule has 0 bridgehead atoms. The van der Waals surface area contributed by atoms with Crippen molar-refractivity contribution < 1.29 is 9.45 Å². The van der Waals surface area contributed by atoms with Gasteiger partial charge in [0.1, 0.15) is 0 Å². The van der Waals surface area contributed by atoms with Crippen molar-refractivity contribution in [1.82, 2.24) is 4.98 Å². The number of rotatable bonds is 4. The second kappa shape index (κ2) is 5.02. The van der Waals surface area contributed by atoms with Crippen molar-refractivity contribution in [1.29, 1.82) is 0 Å². The third-order valence-electron chi connectivity index (χ3n) is 4.28. The number of carbonyl (C=O) groups excluding carboxylic acids is 1. The van der Waals surface area contributed by atoms with E-state index in [1.54, 1.807) is 13.7 Å². The number of carbonyl (C=O) groups is 1. The maximum atomic E-state index is 11.9. The number of hydrogen-bond acceptors (Lipinski definition) is 4. The molecule has 1 radical (unpaired) electrons. The van der Waals surface area contributed by atoms with Crippen LogP contribution in [0.2, 0.25) is 0 Å². The minimum Gasteiger partial charge on any atom is -0.428 e. The van der Waals surface area contributed by atoms with Gasteiger partial charge >= 0.3 is 7.48 Å². The van der Waals surface area contributed by atoms with Crippen LogP contribution in [0.3, 0.4) is 0 Å². The first-order chi connectivity index (χ1) is 9.45. The van der Waals surface area contributed by atoms with Gasteiger partial charge in [0.2, 0.25) is 5.91 Å². The highest BCUT2D eigenvalue weighted by Gasteiger charge is 2.40. The first-order valence-electron chi connectivity index (χ1n) is 7.00. The molecule has 21 heavy (non-hydrogen) atoms. The molecule has 6 heteroatoms. The van der Waals surface area contributed by atoms with Crippen LogP contribution in [0.1, 0.15) is 47.2 Å². The second-order valence-electron chi connectivity index (χ2n) is 7.05. The summed E-state index contributed by atoms with van der Waals surface area (Å²) in [7, 11) is 1.67. The van der Waals surface area contributed by atoms with Crippen LogP contribution in [0.5, 0.6) is 0 Å². The Morgan fingerprint density at radius 3 is 2.52 bits per heavy atom. The predicted molar refractivity (Wildman–Crippen MR) is 89.5 cm³/mol. The lowest BCUT2D eigenvalue weighted by Crippen LogP contribution is -2.45. The molecule has 0 atom stereocenters. The third kappa shape index (κ3) is 2.97. The van der Waals surface area contributed by atoms with Crippen molar-refractivity contribution >= 4 is 37.2 Å². The van der Waals surface area contributed by atoms with E-state index < -0.39 is 11.0 Å². The van der Waals surface area contributed by atoms with Crippen LogP contribution in [-0.2, 0) is 14.9 Å². The molecule has 1 aliphatic rings. The van der Waals surface area contributed by atoms with E-state index in [0.717, 1.165) is 16.8 Å². The lowest BCUT2D eigenvalue weighted by Gasteiger charge is -2.38. The fourth-order valence-corrected chi connectivity index (χ4v) is 1.94. The topological polar surface area (TPSA) is 51.2 Å². The van der Waals surface area contributed by atoms with Crippen molar-refractivity contribution in [3.8, 4) is 0 Å². The highest BCUT2D eigenvalue weighted by atomic mass is 32.1. The van der Waals surface area contributed by atoms with Gasteiger partial charge < -0.3 is 9.97 Å². The Kier molecular flexibility index (Phi) is 3.91. The van der Waals surface area contributed by atoms with Gasteiger partial charge in [-0.25, -0.2) is 0 Å². The molecule has 0 unspecified atom stereocenters. The predicted octanol–water partition coefficient (Wildman–Crippen LogP) is 2.06. The fourth-order valence-electron chi connectivity index (χ4n) is 1.88. The summed E-state index contributed by atoms with van der Waals surface area (Å²) in [4.78, 5) is 16.3. The van der Waals surface area contributed by atoms with Gasteiger partial charge in [-0.3, -0.25) is 9.78 Å². The Bertz CT molecular complexity index is 580. The minimum absolute atomic E-state index is 0.0279. The highest BCUT2D eigenvalue weighted by molar-refractivity contribution is 7.81. The zero-order valence-electron chi connectivity index (χ0n) is 13.4. The lowest BCUT2D eigenvalue weighted by molar-refractivity contribution is -0.119. The summed E-state index contributed by atoms with van der Waals surface area (Å²) < 4.78 is 5.58. The number of anilines is 1. The van der Waals surface area contributed by atoms with Gasteiger partial charge in [-0.1, -0.05) is 0 Å². The number of pyridine rings is 1.